The predicted octanol–water partition coefficient (Wildman–Crippen LogP) is 3.97. The van der Waals surface area contributed by atoms with Crippen LogP contribution in [0.1, 0.15) is 56.3 Å². The van der Waals surface area contributed by atoms with Crippen LogP contribution in [0.15, 0.2) is 6.20 Å². The zero-order valence-corrected chi connectivity index (χ0v) is 9.93. The quantitative estimate of drug-likeness (QED) is 0.772. The number of nitrogens with zero attached hydrogens (tertiary/aromatic N) is 2. The Hall–Kier alpha value is -1.00. The van der Waals surface area contributed by atoms with Crippen molar-refractivity contribution in [1.82, 2.24) is 9.78 Å². The normalized spacial score (nSPS) is 18.6. The van der Waals surface area contributed by atoms with Gasteiger partial charge in [-0.3, -0.25) is 4.68 Å². The summed E-state index contributed by atoms with van der Waals surface area (Å²) in [4.78, 5) is 0. The number of alkyl halides is 3. The molecule has 0 radical (unpaired) electrons. The third-order valence-corrected chi connectivity index (χ3v) is 3.41. The molecular formula is C12H17F3N2. The number of aryl methyl sites for hydroxylation is 1. The maximum atomic E-state index is 12.7. The predicted molar refractivity (Wildman–Crippen MR) is 58.7 cm³/mol. The van der Waals surface area contributed by atoms with Crippen molar-refractivity contribution in [2.45, 2.75) is 57.7 Å². The largest absolute Gasteiger partial charge is 0.435 e. The number of rotatable bonds is 2. The van der Waals surface area contributed by atoms with E-state index in [0.717, 1.165) is 25.7 Å². The highest BCUT2D eigenvalue weighted by molar-refractivity contribution is 5.20. The van der Waals surface area contributed by atoms with Gasteiger partial charge in [-0.2, -0.15) is 18.3 Å². The van der Waals surface area contributed by atoms with Crippen LogP contribution in [0.3, 0.4) is 0 Å². The van der Waals surface area contributed by atoms with Gasteiger partial charge in [0.15, 0.2) is 5.69 Å². The molecule has 1 saturated carbocycles. The van der Waals surface area contributed by atoms with Crippen molar-refractivity contribution in [3.63, 3.8) is 0 Å². The molecule has 0 unspecified atom stereocenters. The van der Waals surface area contributed by atoms with E-state index in [1.165, 1.54) is 6.42 Å². The second-order valence-electron chi connectivity index (χ2n) is 4.63. The topological polar surface area (TPSA) is 17.8 Å². The molecule has 0 N–H and O–H groups in total. The van der Waals surface area contributed by atoms with Gasteiger partial charge in [-0.15, -0.1) is 0 Å². The molecule has 2 rings (SSSR count). The lowest BCUT2D eigenvalue weighted by molar-refractivity contribution is -0.142. The monoisotopic (exact) mass is 246 g/mol. The van der Waals surface area contributed by atoms with Gasteiger partial charge in [0, 0.05) is 11.8 Å². The van der Waals surface area contributed by atoms with Gasteiger partial charge >= 0.3 is 6.18 Å². The summed E-state index contributed by atoms with van der Waals surface area (Å²) < 4.78 is 39.8. The van der Waals surface area contributed by atoms with Crippen LogP contribution in [0.5, 0.6) is 0 Å². The van der Waals surface area contributed by atoms with Crippen molar-refractivity contribution in [2.75, 3.05) is 0 Å². The highest BCUT2D eigenvalue weighted by atomic mass is 19.4. The minimum atomic E-state index is -4.33. The van der Waals surface area contributed by atoms with Crippen LogP contribution in [-0.4, -0.2) is 9.78 Å². The number of aromatic nitrogens is 2. The van der Waals surface area contributed by atoms with Crippen LogP contribution >= 0.6 is 0 Å². The molecule has 0 saturated heterocycles. The maximum absolute atomic E-state index is 12.7. The number of hydrogen-bond acceptors (Lipinski definition) is 1. The Morgan fingerprint density at radius 3 is 2.41 bits per heavy atom. The van der Waals surface area contributed by atoms with E-state index in [1.54, 1.807) is 17.8 Å². The Kier molecular flexibility index (Phi) is 3.45. The third kappa shape index (κ3) is 2.64. The zero-order chi connectivity index (χ0) is 12.5. The minimum Gasteiger partial charge on any atom is -0.269 e. The maximum Gasteiger partial charge on any atom is 0.435 e. The molecule has 5 heteroatoms. The van der Waals surface area contributed by atoms with Gasteiger partial charge in [0.1, 0.15) is 0 Å². The fourth-order valence-electron chi connectivity index (χ4n) is 2.46. The number of halogens is 3. The van der Waals surface area contributed by atoms with Crippen LogP contribution in [0.25, 0.3) is 0 Å². The molecule has 1 aliphatic rings. The molecule has 0 bridgehead atoms. The average molecular weight is 246 g/mol. The summed E-state index contributed by atoms with van der Waals surface area (Å²) in [5.74, 6) is 0. The van der Waals surface area contributed by atoms with Gasteiger partial charge in [-0.05, 0) is 19.3 Å². The fraction of sp³-hybridized carbons (Fsp3) is 0.750. The fourth-order valence-corrected chi connectivity index (χ4v) is 2.46. The SMILES string of the molecule is CCc1cn(C2CCCCC2)nc1C(F)(F)F. The van der Waals surface area contributed by atoms with Crippen LogP contribution in [-0.2, 0) is 12.6 Å². The highest BCUT2D eigenvalue weighted by Gasteiger charge is 2.37. The Morgan fingerprint density at radius 1 is 1.29 bits per heavy atom. The molecule has 0 aliphatic heterocycles. The highest BCUT2D eigenvalue weighted by Crippen LogP contribution is 2.34. The van der Waals surface area contributed by atoms with E-state index in [1.807, 2.05) is 0 Å². The molecule has 1 aromatic heterocycles. The van der Waals surface area contributed by atoms with E-state index in [2.05, 4.69) is 5.10 Å². The molecule has 0 aromatic carbocycles. The summed E-state index contributed by atoms with van der Waals surface area (Å²) in [7, 11) is 0. The van der Waals surface area contributed by atoms with E-state index >= 15 is 0 Å². The van der Waals surface area contributed by atoms with Crippen molar-refractivity contribution < 1.29 is 13.2 Å². The van der Waals surface area contributed by atoms with Crippen molar-refractivity contribution in [2.24, 2.45) is 0 Å². The van der Waals surface area contributed by atoms with Gasteiger partial charge < -0.3 is 0 Å². The molecule has 17 heavy (non-hydrogen) atoms. The molecule has 0 amide bonds. The lowest BCUT2D eigenvalue weighted by atomic mass is 9.96. The summed E-state index contributed by atoms with van der Waals surface area (Å²) in [5, 5.41) is 3.77. The Balaban J connectivity index is 2.27. The van der Waals surface area contributed by atoms with Crippen molar-refractivity contribution in [3.05, 3.63) is 17.5 Å². The lowest BCUT2D eigenvalue weighted by Crippen LogP contribution is -2.15. The van der Waals surface area contributed by atoms with Crippen LogP contribution in [0, 0.1) is 0 Å². The van der Waals surface area contributed by atoms with Crippen LogP contribution in [0.2, 0.25) is 0 Å². The van der Waals surface area contributed by atoms with E-state index in [0.29, 0.717) is 12.0 Å². The minimum absolute atomic E-state index is 0.158. The molecule has 1 heterocycles. The first kappa shape index (κ1) is 12.5. The lowest BCUT2D eigenvalue weighted by Gasteiger charge is -2.21. The van der Waals surface area contributed by atoms with Crippen LogP contribution in [0.4, 0.5) is 13.2 Å². The van der Waals surface area contributed by atoms with Crippen molar-refractivity contribution in [3.8, 4) is 0 Å². The second-order valence-corrected chi connectivity index (χ2v) is 4.63. The van der Waals surface area contributed by atoms with Crippen LogP contribution < -0.4 is 0 Å². The molecule has 96 valence electrons. The first-order chi connectivity index (χ1) is 8.02. The Bertz CT molecular complexity index is 376. The van der Waals surface area contributed by atoms with E-state index < -0.39 is 11.9 Å². The van der Waals surface area contributed by atoms with Crippen molar-refractivity contribution in [1.29, 1.82) is 0 Å². The van der Waals surface area contributed by atoms with E-state index in [4.69, 9.17) is 0 Å². The van der Waals surface area contributed by atoms with E-state index in [9.17, 15) is 13.2 Å². The summed E-state index contributed by atoms with van der Waals surface area (Å²) >= 11 is 0. The van der Waals surface area contributed by atoms with Gasteiger partial charge in [-0.25, -0.2) is 0 Å². The summed E-state index contributed by atoms with van der Waals surface area (Å²) in [6, 6.07) is 0.158. The van der Waals surface area contributed by atoms with Gasteiger partial charge in [-0.1, -0.05) is 26.2 Å². The molecule has 1 fully saturated rings. The summed E-state index contributed by atoms with van der Waals surface area (Å²) in [6.07, 6.45) is 2.89. The Morgan fingerprint density at radius 2 is 1.94 bits per heavy atom. The molecule has 2 nitrogen and oxygen atoms in total. The van der Waals surface area contributed by atoms with Gasteiger partial charge in [0.05, 0.1) is 6.04 Å². The second kappa shape index (κ2) is 4.70. The third-order valence-electron chi connectivity index (χ3n) is 3.41. The number of hydrogen-bond donors (Lipinski definition) is 0. The van der Waals surface area contributed by atoms with Gasteiger partial charge in [0.2, 0.25) is 0 Å². The van der Waals surface area contributed by atoms with Crippen molar-refractivity contribution >= 4 is 0 Å². The first-order valence-corrected chi connectivity index (χ1v) is 6.17. The molecule has 1 aromatic rings. The average Bonchev–Trinajstić information content (AvgIpc) is 2.74. The standard InChI is InChI=1S/C12H17F3N2/c1-2-9-8-17(10-6-4-3-5-7-10)16-11(9)12(13,14)15/h8,10H,2-7H2,1H3. The molecule has 1 aliphatic carbocycles. The van der Waals surface area contributed by atoms with Gasteiger partial charge in [0.25, 0.3) is 0 Å². The first-order valence-electron chi connectivity index (χ1n) is 6.17. The van der Waals surface area contributed by atoms with E-state index in [-0.39, 0.29) is 6.04 Å². The summed E-state index contributed by atoms with van der Waals surface area (Å²) in [6.45, 7) is 1.73. The summed E-state index contributed by atoms with van der Waals surface area (Å²) in [5.41, 5.74) is -0.395. The molecule has 0 atom stereocenters. The smallest absolute Gasteiger partial charge is 0.269 e. The molecule has 0 spiro atoms. The molecular weight excluding hydrogens is 229 g/mol. The Labute approximate surface area is 98.8 Å². The zero-order valence-electron chi connectivity index (χ0n) is 9.93.